The molecule has 0 N–H and O–H groups in total. The summed E-state index contributed by atoms with van der Waals surface area (Å²) in [4.78, 5) is 0. The van der Waals surface area contributed by atoms with Gasteiger partial charge in [-0.2, -0.15) is 0 Å². The topological polar surface area (TPSA) is 0 Å². The van der Waals surface area contributed by atoms with Crippen molar-refractivity contribution in [3.63, 3.8) is 0 Å². The third kappa shape index (κ3) is 2.80. The van der Waals surface area contributed by atoms with E-state index in [2.05, 4.69) is 62.3 Å². The first kappa shape index (κ1) is 18.0. The molecule has 2 heteroatoms. The molecular weight excluding hydrogens is 327 g/mol. The molecule has 0 saturated carbocycles. The third-order valence-corrected chi connectivity index (χ3v) is 62.6. The van der Waals surface area contributed by atoms with E-state index < -0.39 is 23.2 Å². The molecule has 0 aliphatic carbocycles. The maximum absolute atomic E-state index is 2.55. The first-order valence-corrected chi connectivity index (χ1v) is 20.3. The van der Waals surface area contributed by atoms with Gasteiger partial charge in [0.25, 0.3) is 0 Å². The fourth-order valence-corrected chi connectivity index (χ4v) is 66.5. The normalized spacial score (nSPS) is 14.1. The molecule has 0 unspecified atom stereocenters. The molecular formula is C15H36SiSn. The predicted molar refractivity (Wildman–Crippen MR) is 88.2 cm³/mol. The van der Waals surface area contributed by atoms with Crippen molar-refractivity contribution < 1.29 is 0 Å². The summed E-state index contributed by atoms with van der Waals surface area (Å²) < 4.78 is 4.76. The molecule has 0 nitrogen and oxygen atoms in total. The van der Waals surface area contributed by atoms with Gasteiger partial charge < -0.3 is 0 Å². The SMILES string of the molecule is C[CH2][Sn]([CH2]C)([CH2]C)[Si](C(C)C)(C(C)C)C(C)C. The van der Waals surface area contributed by atoms with Crippen LogP contribution in [0.15, 0.2) is 0 Å². The van der Waals surface area contributed by atoms with E-state index in [0.717, 1.165) is 16.6 Å². The van der Waals surface area contributed by atoms with Gasteiger partial charge in [0.1, 0.15) is 0 Å². The van der Waals surface area contributed by atoms with Crippen molar-refractivity contribution in [2.45, 2.75) is 92.2 Å². The fraction of sp³-hybridized carbons (Fsp3) is 1.00. The Hall–Kier alpha value is 1.02. The second-order valence-electron chi connectivity index (χ2n) is 6.74. The maximum atomic E-state index is 2.55. The Morgan fingerprint density at radius 3 is 0.941 bits per heavy atom. The van der Waals surface area contributed by atoms with Crippen LogP contribution >= 0.6 is 0 Å². The van der Waals surface area contributed by atoms with E-state index in [4.69, 9.17) is 0 Å². The summed E-state index contributed by atoms with van der Waals surface area (Å²) in [5.74, 6) is 0. The standard InChI is InChI=1S/C9H21Si.3C2H5.Sn/c1-7(2)10(8(3)4)9(5)6;3*1-2;/h7-9H,1-6H3;3*1H2,2H3;. The molecule has 0 atom stereocenters. The van der Waals surface area contributed by atoms with Gasteiger partial charge in [0.15, 0.2) is 0 Å². The van der Waals surface area contributed by atoms with E-state index in [0.29, 0.717) is 0 Å². The summed E-state index contributed by atoms with van der Waals surface area (Å²) in [7, 11) is 0. The molecule has 0 aliphatic heterocycles. The fourth-order valence-electron chi connectivity index (χ4n) is 5.51. The molecule has 0 saturated heterocycles. The van der Waals surface area contributed by atoms with Gasteiger partial charge in [0, 0.05) is 0 Å². The summed E-state index contributed by atoms with van der Waals surface area (Å²) in [6.07, 6.45) is 0. The van der Waals surface area contributed by atoms with Gasteiger partial charge in [-0.15, -0.1) is 0 Å². The predicted octanol–water partition coefficient (Wildman–Crippen LogP) is 6.25. The number of hydrogen-bond donors (Lipinski definition) is 0. The van der Waals surface area contributed by atoms with Crippen LogP contribution in [-0.2, 0) is 0 Å². The Balaban J connectivity index is 5.88. The van der Waals surface area contributed by atoms with Crippen molar-refractivity contribution >= 4 is 23.2 Å². The molecule has 0 aromatic carbocycles. The van der Waals surface area contributed by atoms with E-state index in [1.807, 2.05) is 0 Å². The minimum atomic E-state index is -1.91. The van der Waals surface area contributed by atoms with Gasteiger partial charge in [-0.1, -0.05) is 0 Å². The molecule has 0 rings (SSSR count). The monoisotopic (exact) mass is 364 g/mol. The molecule has 0 fully saturated rings. The van der Waals surface area contributed by atoms with Crippen LogP contribution in [0.25, 0.3) is 0 Å². The van der Waals surface area contributed by atoms with Crippen LogP contribution in [0.3, 0.4) is 0 Å². The van der Waals surface area contributed by atoms with Crippen LogP contribution in [-0.4, -0.2) is 23.2 Å². The van der Waals surface area contributed by atoms with Crippen LogP contribution in [0.1, 0.15) is 62.3 Å². The van der Waals surface area contributed by atoms with Crippen molar-refractivity contribution in [2.24, 2.45) is 0 Å². The zero-order valence-electron chi connectivity index (χ0n) is 13.9. The second-order valence-corrected chi connectivity index (χ2v) is 40.0. The molecule has 0 amide bonds. The van der Waals surface area contributed by atoms with Gasteiger partial charge >= 0.3 is 115 Å². The third-order valence-electron chi connectivity index (χ3n) is 5.81. The van der Waals surface area contributed by atoms with Crippen molar-refractivity contribution in [2.75, 3.05) is 0 Å². The zero-order chi connectivity index (χ0) is 13.9. The van der Waals surface area contributed by atoms with Crippen molar-refractivity contribution in [3.8, 4) is 0 Å². The van der Waals surface area contributed by atoms with Gasteiger partial charge in [0.05, 0.1) is 0 Å². The van der Waals surface area contributed by atoms with Crippen LogP contribution in [0.2, 0.25) is 29.9 Å². The Morgan fingerprint density at radius 2 is 0.882 bits per heavy atom. The quantitative estimate of drug-likeness (QED) is 0.469. The summed E-state index contributed by atoms with van der Waals surface area (Å²) >= 11 is -1.91. The van der Waals surface area contributed by atoms with Crippen molar-refractivity contribution in [1.82, 2.24) is 0 Å². The van der Waals surface area contributed by atoms with Gasteiger partial charge in [-0.3, -0.25) is 0 Å². The molecule has 17 heavy (non-hydrogen) atoms. The summed E-state index contributed by atoms with van der Waals surface area (Å²) in [5, 5.41) is 0. The molecule has 0 aliphatic rings. The first-order chi connectivity index (χ1) is 7.76. The Kier molecular flexibility index (Phi) is 7.39. The summed E-state index contributed by atoms with van der Waals surface area (Å²) in [6, 6.07) is 0. The summed E-state index contributed by atoms with van der Waals surface area (Å²) in [5.41, 5.74) is 1.86. The average molecular weight is 363 g/mol. The zero-order valence-corrected chi connectivity index (χ0v) is 17.7. The van der Waals surface area contributed by atoms with E-state index in [1.54, 1.807) is 13.3 Å². The Bertz CT molecular complexity index is 187. The number of rotatable bonds is 7. The van der Waals surface area contributed by atoms with Crippen molar-refractivity contribution in [3.05, 3.63) is 0 Å². The average Bonchev–Trinajstić information content (AvgIpc) is 2.24. The minimum absolute atomic E-state index is 0.984. The molecule has 0 bridgehead atoms. The van der Waals surface area contributed by atoms with Crippen LogP contribution in [0.5, 0.6) is 0 Å². The van der Waals surface area contributed by atoms with Crippen molar-refractivity contribution in [1.29, 1.82) is 0 Å². The van der Waals surface area contributed by atoms with Gasteiger partial charge in [-0.25, -0.2) is 0 Å². The van der Waals surface area contributed by atoms with Gasteiger partial charge in [0.2, 0.25) is 0 Å². The first-order valence-electron chi connectivity index (χ1n) is 7.76. The van der Waals surface area contributed by atoms with E-state index >= 15 is 0 Å². The van der Waals surface area contributed by atoms with E-state index in [1.165, 1.54) is 0 Å². The molecule has 104 valence electrons. The number of hydrogen-bond acceptors (Lipinski definition) is 0. The van der Waals surface area contributed by atoms with E-state index in [9.17, 15) is 0 Å². The van der Waals surface area contributed by atoms with Crippen LogP contribution in [0, 0.1) is 0 Å². The van der Waals surface area contributed by atoms with Crippen LogP contribution in [0.4, 0.5) is 0 Å². The molecule has 0 aromatic heterocycles. The molecule has 0 radical (unpaired) electrons. The second kappa shape index (κ2) is 6.97. The molecule has 0 spiro atoms. The Morgan fingerprint density at radius 1 is 0.647 bits per heavy atom. The van der Waals surface area contributed by atoms with Crippen LogP contribution < -0.4 is 0 Å². The summed E-state index contributed by atoms with van der Waals surface area (Å²) in [6.45, 7) is 22.9. The molecule has 0 heterocycles. The Labute approximate surface area is 115 Å². The van der Waals surface area contributed by atoms with Gasteiger partial charge in [-0.05, 0) is 0 Å². The molecule has 0 aromatic rings. The van der Waals surface area contributed by atoms with E-state index in [-0.39, 0.29) is 0 Å².